The monoisotopic (exact) mass is 265 g/mol. The highest BCUT2D eigenvalue weighted by molar-refractivity contribution is 6.30. The summed E-state index contributed by atoms with van der Waals surface area (Å²) in [6.45, 7) is -3.13. The Balaban J connectivity index is 2.72. The van der Waals surface area contributed by atoms with Crippen LogP contribution in [0.5, 0.6) is 5.75 Å². The molecule has 0 saturated carbocycles. The minimum Gasteiger partial charge on any atom is -0.480 e. The molecule has 0 amide bonds. The van der Waals surface area contributed by atoms with Gasteiger partial charge in [-0.05, 0) is 18.2 Å². The lowest BCUT2D eigenvalue weighted by Gasteiger charge is -2.11. The standard InChI is InChI=1S/C10H10ClF2NO3/c11-7-1-2-8(17-10(12)13)6(3-7)4-14-5-9(15)16/h1-3,10,14H,4-5H2,(H,15,16). The van der Waals surface area contributed by atoms with Crippen molar-refractivity contribution in [3.8, 4) is 5.75 Å². The fourth-order valence-electron chi connectivity index (χ4n) is 1.20. The van der Waals surface area contributed by atoms with Crippen LogP contribution < -0.4 is 10.1 Å². The summed E-state index contributed by atoms with van der Waals surface area (Å²) in [5.41, 5.74) is 0.374. The average Bonchev–Trinajstić information content (AvgIpc) is 2.21. The highest BCUT2D eigenvalue weighted by Crippen LogP contribution is 2.24. The van der Waals surface area contributed by atoms with Crippen LogP contribution in [0, 0.1) is 0 Å². The Bertz CT molecular complexity index is 401. The van der Waals surface area contributed by atoms with Gasteiger partial charge in [0.1, 0.15) is 5.75 Å². The Kier molecular flexibility index (Phi) is 5.11. The Labute approximate surface area is 101 Å². The Morgan fingerprint density at radius 1 is 1.53 bits per heavy atom. The maximum atomic E-state index is 12.1. The molecular formula is C10H10ClF2NO3. The smallest absolute Gasteiger partial charge is 0.387 e. The maximum absolute atomic E-state index is 12.1. The number of hydrogen-bond donors (Lipinski definition) is 2. The molecule has 1 rings (SSSR count). The van der Waals surface area contributed by atoms with E-state index < -0.39 is 12.6 Å². The molecule has 0 aromatic heterocycles. The summed E-state index contributed by atoms with van der Waals surface area (Å²) in [6, 6.07) is 4.17. The Hall–Kier alpha value is -1.40. The van der Waals surface area contributed by atoms with Gasteiger partial charge in [0, 0.05) is 17.1 Å². The number of nitrogens with one attached hydrogen (secondary N) is 1. The second-order valence-electron chi connectivity index (χ2n) is 3.13. The molecule has 7 heteroatoms. The number of halogens is 3. The van der Waals surface area contributed by atoms with Crippen LogP contribution in [0.3, 0.4) is 0 Å². The van der Waals surface area contributed by atoms with Gasteiger partial charge in [-0.25, -0.2) is 0 Å². The predicted octanol–water partition coefficient (Wildman–Crippen LogP) is 2.12. The van der Waals surface area contributed by atoms with Gasteiger partial charge < -0.3 is 15.2 Å². The zero-order valence-corrected chi connectivity index (χ0v) is 9.38. The van der Waals surface area contributed by atoms with Crippen molar-refractivity contribution >= 4 is 17.6 Å². The molecule has 0 bridgehead atoms. The van der Waals surface area contributed by atoms with Gasteiger partial charge in [0.05, 0.1) is 6.54 Å². The molecule has 17 heavy (non-hydrogen) atoms. The number of aliphatic carboxylic acids is 1. The fraction of sp³-hybridized carbons (Fsp3) is 0.300. The Morgan fingerprint density at radius 3 is 2.82 bits per heavy atom. The maximum Gasteiger partial charge on any atom is 0.387 e. The predicted molar refractivity (Wildman–Crippen MR) is 57.4 cm³/mol. The van der Waals surface area contributed by atoms with Gasteiger partial charge in [0.2, 0.25) is 0 Å². The fourth-order valence-corrected chi connectivity index (χ4v) is 1.40. The topological polar surface area (TPSA) is 58.6 Å². The number of hydrogen-bond acceptors (Lipinski definition) is 3. The first-order chi connectivity index (χ1) is 7.99. The SMILES string of the molecule is O=C(O)CNCc1cc(Cl)ccc1OC(F)F. The van der Waals surface area contributed by atoms with Crippen LogP contribution in [0.1, 0.15) is 5.56 Å². The molecule has 0 fully saturated rings. The first-order valence-electron chi connectivity index (χ1n) is 4.65. The third kappa shape index (κ3) is 4.97. The molecule has 0 aliphatic carbocycles. The lowest BCUT2D eigenvalue weighted by atomic mass is 10.2. The van der Waals surface area contributed by atoms with Crippen LogP contribution >= 0.6 is 11.6 Å². The van der Waals surface area contributed by atoms with Crippen LogP contribution in [-0.2, 0) is 11.3 Å². The molecule has 94 valence electrons. The van der Waals surface area contributed by atoms with E-state index in [-0.39, 0.29) is 18.8 Å². The number of carboxylic acids is 1. The Morgan fingerprint density at radius 2 is 2.24 bits per heavy atom. The molecule has 1 aromatic rings. The quantitative estimate of drug-likeness (QED) is 0.827. The highest BCUT2D eigenvalue weighted by Gasteiger charge is 2.10. The molecule has 0 spiro atoms. The van der Waals surface area contributed by atoms with Crippen LogP contribution in [0.15, 0.2) is 18.2 Å². The molecule has 0 radical (unpaired) electrons. The van der Waals surface area contributed by atoms with Crippen molar-refractivity contribution in [2.75, 3.05) is 6.54 Å². The minimum atomic E-state index is -2.94. The molecule has 0 unspecified atom stereocenters. The van der Waals surface area contributed by atoms with E-state index in [0.29, 0.717) is 10.6 Å². The first-order valence-corrected chi connectivity index (χ1v) is 5.02. The van der Waals surface area contributed by atoms with Crippen molar-refractivity contribution in [1.82, 2.24) is 5.32 Å². The molecule has 0 saturated heterocycles. The average molecular weight is 266 g/mol. The number of alkyl halides is 2. The van der Waals surface area contributed by atoms with Crippen molar-refractivity contribution in [1.29, 1.82) is 0 Å². The van der Waals surface area contributed by atoms with Crippen LogP contribution in [0.2, 0.25) is 5.02 Å². The van der Waals surface area contributed by atoms with Crippen LogP contribution in [0.4, 0.5) is 8.78 Å². The molecular weight excluding hydrogens is 256 g/mol. The van der Waals surface area contributed by atoms with Gasteiger partial charge in [-0.2, -0.15) is 8.78 Å². The van der Waals surface area contributed by atoms with Crippen LogP contribution in [-0.4, -0.2) is 24.2 Å². The lowest BCUT2D eigenvalue weighted by molar-refractivity contribution is -0.136. The van der Waals surface area contributed by atoms with Crippen molar-refractivity contribution in [3.63, 3.8) is 0 Å². The summed E-state index contributed by atoms with van der Waals surface area (Å²) in [5, 5.41) is 11.3. The van der Waals surface area contributed by atoms with Gasteiger partial charge in [-0.1, -0.05) is 11.6 Å². The summed E-state index contributed by atoms with van der Waals surface area (Å²) in [6.07, 6.45) is 0. The third-order valence-corrected chi connectivity index (χ3v) is 2.07. The zero-order chi connectivity index (χ0) is 12.8. The molecule has 0 heterocycles. The van der Waals surface area contributed by atoms with E-state index in [2.05, 4.69) is 10.1 Å². The summed E-state index contributed by atoms with van der Waals surface area (Å²) < 4.78 is 28.4. The highest BCUT2D eigenvalue weighted by atomic mass is 35.5. The van der Waals surface area contributed by atoms with E-state index in [0.717, 1.165) is 0 Å². The van der Waals surface area contributed by atoms with E-state index in [1.807, 2.05) is 0 Å². The molecule has 0 aliphatic rings. The largest absolute Gasteiger partial charge is 0.480 e. The van der Waals surface area contributed by atoms with Gasteiger partial charge >= 0.3 is 12.6 Å². The van der Waals surface area contributed by atoms with Crippen LogP contribution in [0.25, 0.3) is 0 Å². The van der Waals surface area contributed by atoms with Crippen molar-refractivity contribution < 1.29 is 23.4 Å². The van der Waals surface area contributed by atoms with Gasteiger partial charge in [0.15, 0.2) is 0 Å². The van der Waals surface area contributed by atoms with E-state index in [1.54, 1.807) is 0 Å². The summed E-state index contributed by atoms with van der Waals surface area (Å²) in [7, 11) is 0. The number of benzene rings is 1. The summed E-state index contributed by atoms with van der Waals surface area (Å²) in [4.78, 5) is 10.3. The van der Waals surface area contributed by atoms with Crippen molar-refractivity contribution in [3.05, 3.63) is 28.8 Å². The van der Waals surface area contributed by atoms with Gasteiger partial charge in [0.25, 0.3) is 0 Å². The molecule has 0 atom stereocenters. The molecule has 1 aromatic carbocycles. The first kappa shape index (κ1) is 13.7. The van der Waals surface area contributed by atoms with E-state index >= 15 is 0 Å². The summed E-state index contributed by atoms with van der Waals surface area (Å²) in [5.74, 6) is -1.06. The molecule has 0 aliphatic heterocycles. The lowest BCUT2D eigenvalue weighted by Crippen LogP contribution is -2.22. The van der Waals surface area contributed by atoms with Crippen molar-refractivity contribution in [2.24, 2.45) is 0 Å². The number of carboxylic acid groups (broad SMARTS) is 1. The van der Waals surface area contributed by atoms with Gasteiger partial charge in [-0.3, -0.25) is 4.79 Å². The third-order valence-electron chi connectivity index (χ3n) is 1.83. The molecule has 4 nitrogen and oxygen atoms in total. The van der Waals surface area contributed by atoms with E-state index in [9.17, 15) is 13.6 Å². The number of rotatable bonds is 6. The number of carbonyl (C=O) groups is 1. The van der Waals surface area contributed by atoms with E-state index in [4.69, 9.17) is 16.7 Å². The normalized spacial score (nSPS) is 10.6. The van der Waals surface area contributed by atoms with Gasteiger partial charge in [-0.15, -0.1) is 0 Å². The second-order valence-corrected chi connectivity index (χ2v) is 3.56. The second kappa shape index (κ2) is 6.36. The van der Waals surface area contributed by atoms with Crippen molar-refractivity contribution in [2.45, 2.75) is 13.2 Å². The van der Waals surface area contributed by atoms with E-state index in [1.165, 1.54) is 18.2 Å². The number of ether oxygens (including phenoxy) is 1. The minimum absolute atomic E-state index is 0.0257. The zero-order valence-electron chi connectivity index (χ0n) is 8.62. The molecule has 2 N–H and O–H groups in total. The summed E-state index contributed by atoms with van der Waals surface area (Å²) >= 11 is 5.71.